The van der Waals surface area contributed by atoms with E-state index in [2.05, 4.69) is 22.2 Å². The molecule has 0 aliphatic rings. The Morgan fingerprint density at radius 2 is 2.20 bits per heavy atom. The van der Waals surface area contributed by atoms with Gasteiger partial charge in [-0.05, 0) is 18.7 Å². The number of benzene rings is 1. The van der Waals surface area contributed by atoms with Crippen molar-refractivity contribution in [1.29, 1.82) is 0 Å². The first-order valence-corrected chi connectivity index (χ1v) is 5.12. The molecule has 2 rings (SSSR count). The second kappa shape index (κ2) is 4.28. The van der Waals surface area contributed by atoms with E-state index in [4.69, 9.17) is 5.73 Å². The van der Waals surface area contributed by atoms with Crippen molar-refractivity contribution in [3.8, 4) is 0 Å². The normalized spacial score (nSPS) is 10.7. The number of rotatable bonds is 4. The molecule has 0 fully saturated rings. The SMILES string of the molecule is C=CCn1c(CCN)nc2ccccc21. The molecular formula is C12H15N3. The Morgan fingerprint density at radius 1 is 1.40 bits per heavy atom. The molecule has 1 heterocycles. The van der Waals surface area contributed by atoms with Gasteiger partial charge in [-0.1, -0.05) is 18.2 Å². The largest absolute Gasteiger partial charge is 0.330 e. The van der Waals surface area contributed by atoms with Crippen molar-refractivity contribution >= 4 is 11.0 Å². The summed E-state index contributed by atoms with van der Waals surface area (Å²) in [5.41, 5.74) is 7.75. The number of fused-ring (bicyclic) bond motifs is 1. The number of para-hydroxylation sites is 2. The molecule has 0 spiro atoms. The monoisotopic (exact) mass is 201 g/mol. The fourth-order valence-electron chi connectivity index (χ4n) is 1.78. The molecule has 0 amide bonds. The van der Waals surface area contributed by atoms with Gasteiger partial charge in [0.25, 0.3) is 0 Å². The topological polar surface area (TPSA) is 43.8 Å². The standard InChI is InChI=1S/C12H15N3/c1-2-9-15-11-6-4-3-5-10(11)14-12(15)7-8-13/h2-6H,1,7-9,13H2. The van der Waals surface area contributed by atoms with Crippen LogP contribution < -0.4 is 5.73 Å². The number of nitrogens with zero attached hydrogens (tertiary/aromatic N) is 2. The Bertz CT molecular complexity index is 471. The Balaban J connectivity index is 2.57. The smallest absolute Gasteiger partial charge is 0.111 e. The maximum atomic E-state index is 5.57. The molecule has 0 saturated carbocycles. The van der Waals surface area contributed by atoms with E-state index >= 15 is 0 Å². The van der Waals surface area contributed by atoms with Crippen LogP contribution in [0, 0.1) is 0 Å². The van der Waals surface area contributed by atoms with E-state index in [0.717, 1.165) is 29.8 Å². The third-order valence-electron chi connectivity index (χ3n) is 2.41. The van der Waals surface area contributed by atoms with Gasteiger partial charge in [0.2, 0.25) is 0 Å². The van der Waals surface area contributed by atoms with Crippen molar-refractivity contribution < 1.29 is 0 Å². The van der Waals surface area contributed by atoms with E-state index in [1.54, 1.807) is 0 Å². The Morgan fingerprint density at radius 3 is 2.93 bits per heavy atom. The average molecular weight is 201 g/mol. The maximum Gasteiger partial charge on any atom is 0.111 e. The fraction of sp³-hybridized carbons (Fsp3) is 0.250. The number of allylic oxidation sites excluding steroid dienone is 1. The van der Waals surface area contributed by atoms with Crippen molar-refractivity contribution in [3.05, 3.63) is 42.7 Å². The molecule has 0 bridgehead atoms. The maximum absolute atomic E-state index is 5.57. The van der Waals surface area contributed by atoms with Gasteiger partial charge in [0.05, 0.1) is 11.0 Å². The highest BCUT2D eigenvalue weighted by Crippen LogP contribution is 2.16. The van der Waals surface area contributed by atoms with Gasteiger partial charge in [-0.2, -0.15) is 0 Å². The van der Waals surface area contributed by atoms with Crippen LogP contribution in [0.2, 0.25) is 0 Å². The molecule has 2 N–H and O–H groups in total. The number of hydrogen-bond acceptors (Lipinski definition) is 2. The summed E-state index contributed by atoms with van der Waals surface area (Å²) in [6, 6.07) is 8.12. The molecule has 0 unspecified atom stereocenters. The van der Waals surface area contributed by atoms with Crippen LogP contribution in [-0.2, 0) is 13.0 Å². The van der Waals surface area contributed by atoms with E-state index in [1.165, 1.54) is 0 Å². The van der Waals surface area contributed by atoms with Crippen LogP contribution in [0.5, 0.6) is 0 Å². The van der Waals surface area contributed by atoms with Gasteiger partial charge in [0.15, 0.2) is 0 Å². The van der Waals surface area contributed by atoms with Gasteiger partial charge >= 0.3 is 0 Å². The highest BCUT2D eigenvalue weighted by Gasteiger charge is 2.07. The highest BCUT2D eigenvalue weighted by molar-refractivity contribution is 5.75. The molecule has 3 nitrogen and oxygen atoms in total. The quantitative estimate of drug-likeness (QED) is 0.765. The summed E-state index contributed by atoms with van der Waals surface area (Å²) >= 11 is 0. The zero-order valence-electron chi connectivity index (χ0n) is 8.69. The summed E-state index contributed by atoms with van der Waals surface area (Å²) in [5.74, 6) is 1.04. The summed E-state index contributed by atoms with van der Waals surface area (Å²) in [7, 11) is 0. The number of hydrogen-bond donors (Lipinski definition) is 1. The predicted molar refractivity (Wildman–Crippen MR) is 62.7 cm³/mol. The molecule has 0 saturated heterocycles. The van der Waals surface area contributed by atoms with Crippen LogP contribution in [-0.4, -0.2) is 16.1 Å². The van der Waals surface area contributed by atoms with Gasteiger partial charge in [0, 0.05) is 13.0 Å². The van der Waals surface area contributed by atoms with Crippen LogP contribution in [0.15, 0.2) is 36.9 Å². The van der Waals surface area contributed by atoms with Crippen molar-refractivity contribution in [2.24, 2.45) is 5.73 Å². The summed E-state index contributed by atoms with van der Waals surface area (Å²) in [4.78, 5) is 4.56. The predicted octanol–water partition coefficient (Wildman–Crippen LogP) is 1.72. The summed E-state index contributed by atoms with van der Waals surface area (Å²) < 4.78 is 2.16. The molecule has 15 heavy (non-hydrogen) atoms. The third-order valence-corrected chi connectivity index (χ3v) is 2.41. The Hall–Kier alpha value is -1.61. The van der Waals surface area contributed by atoms with E-state index in [1.807, 2.05) is 24.3 Å². The van der Waals surface area contributed by atoms with Gasteiger partial charge in [-0.3, -0.25) is 0 Å². The number of imidazole rings is 1. The van der Waals surface area contributed by atoms with Crippen molar-refractivity contribution in [2.45, 2.75) is 13.0 Å². The van der Waals surface area contributed by atoms with Crippen molar-refractivity contribution in [2.75, 3.05) is 6.54 Å². The van der Waals surface area contributed by atoms with E-state index in [9.17, 15) is 0 Å². The van der Waals surface area contributed by atoms with Gasteiger partial charge in [0.1, 0.15) is 5.82 Å². The molecular weight excluding hydrogens is 186 g/mol. The van der Waals surface area contributed by atoms with Crippen LogP contribution in [0.25, 0.3) is 11.0 Å². The van der Waals surface area contributed by atoms with E-state index in [0.29, 0.717) is 6.54 Å². The summed E-state index contributed by atoms with van der Waals surface area (Å²) in [6.45, 7) is 5.18. The number of aromatic nitrogens is 2. The zero-order chi connectivity index (χ0) is 10.7. The summed E-state index contributed by atoms with van der Waals surface area (Å²) in [6.07, 6.45) is 2.69. The van der Waals surface area contributed by atoms with Gasteiger partial charge in [-0.15, -0.1) is 6.58 Å². The summed E-state index contributed by atoms with van der Waals surface area (Å²) in [5, 5.41) is 0. The molecule has 0 aliphatic heterocycles. The molecule has 78 valence electrons. The second-order valence-corrected chi connectivity index (χ2v) is 3.45. The highest BCUT2D eigenvalue weighted by atomic mass is 15.1. The molecule has 2 aromatic rings. The Labute approximate surface area is 89.2 Å². The molecule has 3 heteroatoms. The van der Waals surface area contributed by atoms with Gasteiger partial charge in [-0.25, -0.2) is 4.98 Å². The molecule has 1 aromatic heterocycles. The lowest BCUT2D eigenvalue weighted by atomic mass is 10.3. The molecule has 0 radical (unpaired) electrons. The van der Waals surface area contributed by atoms with Crippen molar-refractivity contribution in [3.63, 3.8) is 0 Å². The minimum atomic E-state index is 0.625. The number of nitrogens with two attached hydrogens (primary N) is 1. The second-order valence-electron chi connectivity index (χ2n) is 3.45. The van der Waals surface area contributed by atoms with Crippen LogP contribution in [0.3, 0.4) is 0 Å². The average Bonchev–Trinajstić information content (AvgIpc) is 2.59. The Kier molecular flexibility index (Phi) is 2.83. The first kappa shape index (κ1) is 9.93. The third kappa shape index (κ3) is 1.78. The lowest BCUT2D eigenvalue weighted by Crippen LogP contribution is -2.09. The van der Waals surface area contributed by atoms with Crippen molar-refractivity contribution in [1.82, 2.24) is 9.55 Å². The van der Waals surface area contributed by atoms with E-state index in [-0.39, 0.29) is 0 Å². The minimum Gasteiger partial charge on any atom is -0.330 e. The first-order chi connectivity index (χ1) is 7.36. The fourth-order valence-corrected chi connectivity index (χ4v) is 1.78. The lowest BCUT2D eigenvalue weighted by Gasteiger charge is -2.04. The lowest BCUT2D eigenvalue weighted by molar-refractivity contribution is 0.748. The molecule has 0 atom stereocenters. The first-order valence-electron chi connectivity index (χ1n) is 5.12. The van der Waals surface area contributed by atoms with Crippen LogP contribution in [0.1, 0.15) is 5.82 Å². The molecule has 1 aromatic carbocycles. The molecule has 0 aliphatic carbocycles. The minimum absolute atomic E-state index is 0.625. The van der Waals surface area contributed by atoms with Gasteiger partial charge < -0.3 is 10.3 Å². The van der Waals surface area contributed by atoms with Crippen LogP contribution >= 0.6 is 0 Å². The zero-order valence-corrected chi connectivity index (χ0v) is 8.69. The van der Waals surface area contributed by atoms with E-state index < -0.39 is 0 Å². The van der Waals surface area contributed by atoms with Crippen LogP contribution in [0.4, 0.5) is 0 Å².